The fraction of sp³-hybridized carbons (Fsp3) is 0.176. The molecule has 2 aromatic heterocycles. The molecular weight excluding hydrogens is 319 g/mol. The molecule has 0 unspecified atom stereocenters. The molecule has 2 heterocycles. The Morgan fingerprint density at radius 3 is 2.79 bits per heavy atom. The Morgan fingerprint density at radius 2 is 2.04 bits per heavy atom. The molecule has 0 radical (unpaired) electrons. The molecule has 3 aromatic rings. The second kappa shape index (κ2) is 5.99. The molecule has 0 fully saturated rings. The minimum Gasteiger partial charge on any atom is -0.346 e. The van der Waals surface area contributed by atoms with Gasteiger partial charge >= 0.3 is 6.18 Å². The SMILES string of the molecule is CN(Cc1cccc(C(F)(F)F)c1)C(=O)c1ccnc2[nH]ccc12. The van der Waals surface area contributed by atoms with Gasteiger partial charge in [0.05, 0.1) is 11.1 Å². The summed E-state index contributed by atoms with van der Waals surface area (Å²) in [6.45, 7) is 0.0803. The van der Waals surface area contributed by atoms with Crippen molar-refractivity contribution in [3.05, 3.63) is 65.5 Å². The molecule has 124 valence electrons. The molecule has 3 rings (SSSR count). The van der Waals surface area contributed by atoms with Gasteiger partial charge in [-0.15, -0.1) is 0 Å². The van der Waals surface area contributed by atoms with E-state index in [0.717, 1.165) is 12.1 Å². The standard InChI is InChI=1S/C17H14F3N3O/c1-23(10-11-3-2-4-12(9-11)17(18,19)20)16(24)14-6-8-22-15-13(14)5-7-21-15/h2-9H,10H2,1H3,(H,21,22). The molecule has 0 atom stereocenters. The Bertz CT molecular complexity index is 886. The molecule has 0 spiro atoms. The molecular formula is C17H14F3N3O. The zero-order chi connectivity index (χ0) is 17.3. The van der Waals surface area contributed by atoms with Gasteiger partial charge in [-0.2, -0.15) is 13.2 Å². The van der Waals surface area contributed by atoms with E-state index in [-0.39, 0.29) is 12.5 Å². The zero-order valence-corrected chi connectivity index (χ0v) is 12.8. The Labute approximate surface area is 135 Å². The Morgan fingerprint density at radius 1 is 1.25 bits per heavy atom. The largest absolute Gasteiger partial charge is 0.416 e. The first kappa shape index (κ1) is 16.0. The third-order valence-electron chi connectivity index (χ3n) is 3.71. The summed E-state index contributed by atoms with van der Waals surface area (Å²) in [4.78, 5) is 21.0. The van der Waals surface area contributed by atoms with E-state index in [9.17, 15) is 18.0 Å². The molecule has 4 nitrogen and oxygen atoms in total. The number of nitrogens with zero attached hydrogens (tertiary/aromatic N) is 2. The number of benzene rings is 1. The molecule has 1 amide bonds. The molecule has 1 aromatic carbocycles. The van der Waals surface area contributed by atoms with Crippen molar-refractivity contribution in [3.63, 3.8) is 0 Å². The summed E-state index contributed by atoms with van der Waals surface area (Å²) in [5.74, 6) is -0.278. The van der Waals surface area contributed by atoms with Gasteiger partial charge < -0.3 is 9.88 Å². The van der Waals surface area contributed by atoms with Gasteiger partial charge in [0.15, 0.2) is 0 Å². The van der Waals surface area contributed by atoms with Crippen LogP contribution in [0.15, 0.2) is 48.8 Å². The fourth-order valence-electron chi connectivity index (χ4n) is 2.54. The first-order valence-electron chi connectivity index (χ1n) is 7.20. The van der Waals surface area contributed by atoms with Crippen LogP contribution in [0.4, 0.5) is 13.2 Å². The van der Waals surface area contributed by atoms with Crippen LogP contribution in [0, 0.1) is 0 Å². The highest BCUT2D eigenvalue weighted by atomic mass is 19.4. The van der Waals surface area contributed by atoms with E-state index in [0.29, 0.717) is 22.2 Å². The van der Waals surface area contributed by atoms with Crippen LogP contribution in [0.25, 0.3) is 11.0 Å². The maximum Gasteiger partial charge on any atom is 0.416 e. The summed E-state index contributed by atoms with van der Waals surface area (Å²) in [7, 11) is 1.56. The van der Waals surface area contributed by atoms with Gasteiger partial charge in [-0.05, 0) is 29.8 Å². The molecule has 7 heteroatoms. The van der Waals surface area contributed by atoms with Crippen LogP contribution >= 0.6 is 0 Å². The minimum atomic E-state index is -4.40. The van der Waals surface area contributed by atoms with Crippen molar-refractivity contribution in [2.75, 3.05) is 7.05 Å². The highest BCUT2D eigenvalue weighted by molar-refractivity contribution is 6.05. The van der Waals surface area contributed by atoms with Crippen molar-refractivity contribution in [2.24, 2.45) is 0 Å². The second-order valence-electron chi connectivity index (χ2n) is 5.46. The van der Waals surface area contributed by atoms with Gasteiger partial charge in [0.2, 0.25) is 0 Å². The summed E-state index contributed by atoms with van der Waals surface area (Å²) in [5.41, 5.74) is 0.738. The monoisotopic (exact) mass is 333 g/mol. The normalized spacial score (nSPS) is 11.7. The van der Waals surface area contributed by atoms with Crippen LogP contribution in [0.1, 0.15) is 21.5 Å². The number of pyridine rings is 1. The van der Waals surface area contributed by atoms with Gasteiger partial charge in [0.1, 0.15) is 5.65 Å². The molecule has 0 bridgehead atoms. The summed E-state index contributed by atoms with van der Waals surface area (Å²) >= 11 is 0. The smallest absolute Gasteiger partial charge is 0.346 e. The lowest BCUT2D eigenvalue weighted by molar-refractivity contribution is -0.137. The highest BCUT2D eigenvalue weighted by Crippen LogP contribution is 2.29. The first-order valence-corrected chi connectivity index (χ1v) is 7.20. The molecule has 0 aliphatic heterocycles. The number of hydrogen-bond acceptors (Lipinski definition) is 2. The second-order valence-corrected chi connectivity index (χ2v) is 5.46. The van der Waals surface area contributed by atoms with E-state index >= 15 is 0 Å². The molecule has 0 aliphatic carbocycles. The Balaban J connectivity index is 1.84. The van der Waals surface area contributed by atoms with Crippen molar-refractivity contribution in [3.8, 4) is 0 Å². The predicted molar refractivity (Wildman–Crippen MR) is 83.3 cm³/mol. The van der Waals surface area contributed by atoms with Crippen molar-refractivity contribution in [2.45, 2.75) is 12.7 Å². The molecule has 0 saturated heterocycles. The van der Waals surface area contributed by atoms with Crippen molar-refractivity contribution >= 4 is 16.9 Å². The van der Waals surface area contributed by atoms with E-state index in [1.807, 2.05) is 0 Å². The molecule has 0 aliphatic rings. The quantitative estimate of drug-likeness (QED) is 0.791. The van der Waals surface area contributed by atoms with Crippen LogP contribution in [0.5, 0.6) is 0 Å². The Kier molecular flexibility index (Phi) is 4.01. The van der Waals surface area contributed by atoms with Gasteiger partial charge in [0.25, 0.3) is 5.91 Å². The van der Waals surface area contributed by atoms with E-state index in [1.165, 1.54) is 17.2 Å². The van der Waals surface area contributed by atoms with E-state index < -0.39 is 11.7 Å². The molecule has 1 N–H and O–H groups in total. The number of aromatic amines is 1. The third-order valence-corrected chi connectivity index (χ3v) is 3.71. The van der Waals surface area contributed by atoms with E-state index in [2.05, 4.69) is 9.97 Å². The zero-order valence-electron chi connectivity index (χ0n) is 12.8. The van der Waals surface area contributed by atoms with Crippen LogP contribution in [0.2, 0.25) is 0 Å². The average Bonchev–Trinajstić information content (AvgIpc) is 3.02. The number of carbonyl (C=O) groups excluding carboxylic acids is 1. The molecule has 0 saturated carbocycles. The topological polar surface area (TPSA) is 49.0 Å². The summed E-state index contributed by atoms with van der Waals surface area (Å²) in [6, 6.07) is 8.32. The Hall–Kier alpha value is -2.83. The van der Waals surface area contributed by atoms with E-state index in [1.54, 1.807) is 31.4 Å². The minimum absolute atomic E-state index is 0.0803. The van der Waals surface area contributed by atoms with Crippen LogP contribution in [-0.2, 0) is 12.7 Å². The number of amides is 1. The average molecular weight is 333 g/mol. The molecule has 24 heavy (non-hydrogen) atoms. The third kappa shape index (κ3) is 3.10. The van der Waals surface area contributed by atoms with Crippen LogP contribution in [-0.4, -0.2) is 27.8 Å². The van der Waals surface area contributed by atoms with Crippen LogP contribution < -0.4 is 0 Å². The first-order chi connectivity index (χ1) is 11.4. The lowest BCUT2D eigenvalue weighted by Gasteiger charge is -2.18. The van der Waals surface area contributed by atoms with Gasteiger partial charge in [0, 0.05) is 31.4 Å². The summed E-state index contributed by atoms with van der Waals surface area (Å²) < 4.78 is 38.3. The lowest BCUT2D eigenvalue weighted by Crippen LogP contribution is -2.26. The van der Waals surface area contributed by atoms with Crippen molar-refractivity contribution in [1.29, 1.82) is 0 Å². The number of carbonyl (C=O) groups is 1. The number of aromatic nitrogens is 2. The summed E-state index contributed by atoms with van der Waals surface area (Å²) in [6.07, 6.45) is -1.20. The maximum atomic E-state index is 12.8. The number of H-pyrrole nitrogens is 1. The number of fused-ring (bicyclic) bond motifs is 1. The summed E-state index contributed by atoms with van der Waals surface area (Å²) in [5, 5.41) is 0.679. The number of alkyl halides is 3. The number of nitrogens with one attached hydrogen (secondary N) is 1. The van der Waals surface area contributed by atoms with Crippen molar-refractivity contribution in [1.82, 2.24) is 14.9 Å². The number of rotatable bonds is 3. The van der Waals surface area contributed by atoms with Gasteiger partial charge in [-0.3, -0.25) is 4.79 Å². The highest BCUT2D eigenvalue weighted by Gasteiger charge is 2.30. The van der Waals surface area contributed by atoms with Crippen LogP contribution in [0.3, 0.4) is 0 Å². The number of hydrogen-bond donors (Lipinski definition) is 1. The lowest BCUT2D eigenvalue weighted by atomic mass is 10.1. The van der Waals surface area contributed by atoms with Crippen molar-refractivity contribution < 1.29 is 18.0 Å². The fourth-order valence-corrected chi connectivity index (χ4v) is 2.54. The van der Waals surface area contributed by atoms with E-state index in [4.69, 9.17) is 0 Å². The van der Waals surface area contributed by atoms with Gasteiger partial charge in [-0.1, -0.05) is 12.1 Å². The maximum absolute atomic E-state index is 12.8. The predicted octanol–water partition coefficient (Wildman–Crippen LogP) is 3.85. The van der Waals surface area contributed by atoms with Gasteiger partial charge in [-0.25, -0.2) is 4.98 Å². The number of halogens is 3.